The molecule has 2 heterocycles. The Hall–Kier alpha value is -3.01. The number of nitrogens with two attached hydrogens (primary N) is 1. The van der Waals surface area contributed by atoms with E-state index in [9.17, 15) is 9.59 Å². The number of hydrazine groups is 1. The van der Waals surface area contributed by atoms with Gasteiger partial charge < -0.3 is 15.4 Å². The molecule has 1 saturated carbocycles. The van der Waals surface area contributed by atoms with Crippen LogP contribution in [0.2, 0.25) is 0 Å². The molecule has 0 atom stereocenters. The fourth-order valence-corrected chi connectivity index (χ4v) is 2.09. The van der Waals surface area contributed by atoms with Crippen LogP contribution in [0, 0.1) is 0 Å². The van der Waals surface area contributed by atoms with Gasteiger partial charge in [-0.2, -0.15) is 5.10 Å². The van der Waals surface area contributed by atoms with Crippen LogP contribution in [0.1, 0.15) is 32.1 Å². The third kappa shape index (κ3) is 6.01. The van der Waals surface area contributed by atoms with E-state index in [0.717, 1.165) is 12.8 Å². The van der Waals surface area contributed by atoms with Gasteiger partial charge in [-0.1, -0.05) is 6.42 Å². The molecule has 128 valence electrons. The minimum Gasteiger partial charge on any atom is -0.313 e. The maximum Gasteiger partial charge on any atom is 0.252 e. The topological polar surface area (TPSA) is 154 Å². The average Bonchev–Trinajstić information content (AvgIpc) is 2.61. The molecule has 10 nitrogen and oxygen atoms in total. The van der Waals surface area contributed by atoms with Crippen LogP contribution in [0.25, 0.3) is 0 Å². The molecular formula is C14H20N8O2. The first kappa shape index (κ1) is 17.3. The fraction of sp³-hybridized carbons (Fsp3) is 0.357. The molecule has 1 aliphatic rings. The highest BCUT2D eigenvalue weighted by atomic mass is 16.1. The van der Waals surface area contributed by atoms with Gasteiger partial charge in [0.2, 0.25) is 0 Å². The number of rotatable bonds is 3. The van der Waals surface area contributed by atoms with E-state index in [1.165, 1.54) is 49.8 Å². The van der Waals surface area contributed by atoms with E-state index in [1.54, 1.807) is 0 Å². The number of aromatic amines is 2. The molecule has 24 heavy (non-hydrogen) atoms. The molecule has 10 heteroatoms. The Morgan fingerprint density at radius 1 is 0.958 bits per heavy atom. The first-order valence-corrected chi connectivity index (χ1v) is 7.55. The Morgan fingerprint density at radius 2 is 1.54 bits per heavy atom. The highest BCUT2D eigenvalue weighted by Crippen LogP contribution is 2.14. The third-order valence-corrected chi connectivity index (χ3v) is 3.26. The number of nitrogens with zero attached hydrogens (tertiary/aromatic N) is 3. The number of hydrogen-bond donors (Lipinski definition) is 5. The van der Waals surface area contributed by atoms with Crippen LogP contribution in [0.3, 0.4) is 0 Å². The van der Waals surface area contributed by atoms with Crippen LogP contribution in [-0.4, -0.2) is 25.6 Å². The van der Waals surface area contributed by atoms with Gasteiger partial charge in [0.25, 0.3) is 11.1 Å². The normalized spacial score (nSPS) is 13.5. The predicted octanol–water partition coefficient (Wildman–Crippen LogP) is 0.557. The quantitative estimate of drug-likeness (QED) is 0.406. The van der Waals surface area contributed by atoms with E-state index in [4.69, 9.17) is 5.84 Å². The lowest BCUT2D eigenvalue weighted by molar-refractivity contribution is 0.665. The Kier molecular flexibility index (Phi) is 6.65. The summed E-state index contributed by atoms with van der Waals surface area (Å²) in [5, 5.41) is 4.25. The molecule has 0 unspecified atom stereocenters. The Bertz CT molecular complexity index is 774. The second-order valence-corrected chi connectivity index (χ2v) is 5.09. The van der Waals surface area contributed by atoms with Crippen molar-refractivity contribution in [3.8, 4) is 0 Å². The zero-order valence-electron chi connectivity index (χ0n) is 13.1. The van der Waals surface area contributed by atoms with Gasteiger partial charge >= 0.3 is 0 Å². The summed E-state index contributed by atoms with van der Waals surface area (Å²) in [5.41, 5.74) is 5.82. The van der Waals surface area contributed by atoms with Crippen LogP contribution >= 0.6 is 0 Å². The molecule has 0 amide bonds. The molecule has 0 radical (unpaired) electrons. The summed E-state index contributed by atoms with van der Waals surface area (Å²) < 4.78 is 0. The van der Waals surface area contributed by atoms with Crippen molar-refractivity contribution in [2.45, 2.75) is 32.1 Å². The van der Waals surface area contributed by atoms with Gasteiger partial charge in [0.15, 0.2) is 5.82 Å². The lowest BCUT2D eigenvalue weighted by atomic mass is 9.99. The van der Waals surface area contributed by atoms with Crippen molar-refractivity contribution >= 4 is 17.3 Å². The zero-order valence-corrected chi connectivity index (χ0v) is 13.1. The lowest BCUT2D eigenvalue weighted by Gasteiger charge is -2.11. The van der Waals surface area contributed by atoms with E-state index in [0.29, 0.717) is 11.6 Å². The summed E-state index contributed by atoms with van der Waals surface area (Å²) in [4.78, 5) is 33.8. The van der Waals surface area contributed by atoms with Gasteiger partial charge in [-0.3, -0.25) is 15.0 Å². The molecule has 2 aromatic heterocycles. The number of nitrogens with one attached hydrogen (secondary N) is 4. The predicted molar refractivity (Wildman–Crippen MR) is 91.7 cm³/mol. The van der Waals surface area contributed by atoms with Gasteiger partial charge in [0.05, 0.1) is 12.7 Å². The molecule has 0 bridgehead atoms. The Balaban J connectivity index is 0.000000198. The van der Waals surface area contributed by atoms with E-state index in [1.807, 2.05) is 0 Å². The minimum absolute atomic E-state index is 0.170. The number of nitrogen functional groups attached to an aromatic ring is 1. The van der Waals surface area contributed by atoms with Gasteiger partial charge in [0.1, 0.15) is 5.82 Å². The van der Waals surface area contributed by atoms with Crippen molar-refractivity contribution in [3.05, 3.63) is 45.5 Å². The lowest BCUT2D eigenvalue weighted by Crippen LogP contribution is -2.13. The number of hydrogen-bond acceptors (Lipinski definition) is 8. The molecule has 0 saturated heterocycles. The van der Waals surface area contributed by atoms with E-state index in [2.05, 4.69) is 35.9 Å². The maximum absolute atomic E-state index is 11.0. The monoisotopic (exact) mass is 332 g/mol. The van der Waals surface area contributed by atoms with Gasteiger partial charge in [-0.15, -0.1) is 0 Å². The first-order valence-electron chi connectivity index (χ1n) is 7.55. The Morgan fingerprint density at radius 3 is 2.08 bits per heavy atom. The summed E-state index contributed by atoms with van der Waals surface area (Å²) in [6.07, 6.45) is 8.46. The van der Waals surface area contributed by atoms with Crippen LogP contribution in [-0.2, 0) is 0 Å². The third-order valence-electron chi connectivity index (χ3n) is 3.26. The van der Waals surface area contributed by atoms with Gasteiger partial charge in [0, 0.05) is 17.8 Å². The SMILES string of the molecule is NNc1cc(=O)[nH]cn1.O=c1cc(NN=C2CCCCC2)nc[nH]1. The van der Waals surface area contributed by atoms with Gasteiger partial charge in [-0.05, 0) is 25.7 Å². The smallest absolute Gasteiger partial charge is 0.252 e. The largest absolute Gasteiger partial charge is 0.313 e. The highest BCUT2D eigenvalue weighted by molar-refractivity contribution is 5.85. The Labute approximate surface area is 137 Å². The fourth-order valence-electron chi connectivity index (χ4n) is 2.09. The van der Waals surface area contributed by atoms with Gasteiger partial charge in [-0.25, -0.2) is 15.8 Å². The van der Waals surface area contributed by atoms with Crippen LogP contribution in [0.5, 0.6) is 0 Å². The zero-order chi connectivity index (χ0) is 17.2. The summed E-state index contributed by atoms with van der Waals surface area (Å²) >= 11 is 0. The number of aromatic nitrogens is 4. The number of H-pyrrole nitrogens is 2. The van der Waals surface area contributed by atoms with Crippen molar-refractivity contribution in [3.63, 3.8) is 0 Å². The summed E-state index contributed by atoms with van der Waals surface area (Å²) in [6.45, 7) is 0. The molecule has 0 aliphatic heterocycles. The second kappa shape index (κ2) is 9.20. The number of anilines is 2. The standard InChI is InChI=1S/C10H14N4O.C4H6N4O/c15-10-6-9(11-7-12-10)14-13-8-4-2-1-3-5-8;5-8-3-1-4(9)7-2-6-3/h6-7H,1-5H2,(H2,11,12,14,15);1-2H,5H2,(H2,6,7,8,9). The molecule has 1 fully saturated rings. The van der Waals surface area contributed by atoms with Crippen LogP contribution < -0.4 is 27.8 Å². The van der Waals surface area contributed by atoms with Crippen molar-refractivity contribution in [2.24, 2.45) is 10.9 Å². The number of hydrazone groups is 1. The molecule has 0 spiro atoms. The molecule has 2 aromatic rings. The van der Waals surface area contributed by atoms with Crippen molar-refractivity contribution in [1.82, 2.24) is 19.9 Å². The molecule has 0 aromatic carbocycles. The van der Waals surface area contributed by atoms with Crippen molar-refractivity contribution in [2.75, 3.05) is 10.9 Å². The van der Waals surface area contributed by atoms with Crippen molar-refractivity contribution in [1.29, 1.82) is 0 Å². The maximum atomic E-state index is 11.0. The molecular weight excluding hydrogens is 312 g/mol. The minimum atomic E-state index is -0.224. The molecule has 3 rings (SSSR count). The summed E-state index contributed by atoms with van der Waals surface area (Å²) in [5.74, 6) is 5.81. The van der Waals surface area contributed by atoms with Crippen molar-refractivity contribution < 1.29 is 0 Å². The second-order valence-electron chi connectivity index (χ2n) is 5.09. The summed E-state index contributed by atoms with van der Waals surface area (Å²) in [6, 6.07) is 2.66. The molecule has 1 aliphatic carbocycles. The van der Waals surface area contributed by atoms with E-state index in [-0.39, 0.29) is 11.1 Å². The van der Waals surface area contributed by atoms with Crippen LogP contribution in [0.15, 0.2) is 39.5 Å². The molecule has 6 N–H and O–H groups in total. The van der Waals surface area contributed by atoms with E-state index >= 15 is 0 Å². The first-order chi connectivity index (χ1) is 11.7. The average molecular weight is 332 g/mol. The summed E-state index contributed by atoms with van der Waals surface area (Å²) in [7, 11) is 0. The van der Waals surface area contributed by atoms with E-state index < -0.39 is 0 Å². The van der Waals surface area contributed by atoms with Crippen LogP contribution in [0.4, 0.5) is 11.6 Å². The highest BCUT2D eigenvalue weighted by Gasteiger charge is 2.06.